The van der Waals surface area contributed by atoms with Gasteiger partial charge in [-0.1, -0.05) is 11.6 Å². The lowest BCUT2D eigenvalue weighted by molar-refractivity contribution is -0.117. The van der Waals surface area contributed by atoms with E-state index in [1.54, 1.807) is 24.3 Å². The largest absolute Gasteiger partial charge is 0.493 e. The summed E-state index contributed by atoms with van der Waals surface area (Å²) in [7, 11) is 2.97. The predicted molar refractivity (Wildman–Crippen MR) is 102 cm³/mol. The van der Waals surface area contributed by atoms with Gasteiger partial charge in [0.2, 0.25) is 6.79 Å². The van der Waals surface area contributed by atoms with Gasteiger partial charge in [0.05, 0.1) is 19.2 Å². The second-order valence-corrected chi connectivity index (χ2v) is 5.99. The Balaban J connectivity index is 1.59. The van der Waals surface area contributed by atoms with Crippen molar-refractivity contribution < 1.29 is 28.5 Å². The number of amides is 2. The van der Waals surface area contributed by atoms with Crippen molar-refractivity contribution in [3.05, 3.63) is 52.6 Å². The fraction of sp³-hybridized carbons (Fsp3) is 0.158. The zero-order chi connectivity index (χ0) is 20.1. The van der Waals surface area contributed by atoms with Crippen molar-refractivity contribution >= 4 is 29.5 Å². The van der Waals surface area contributed by atoms with Gasteiger partial charge in [-0.3, -0.25) is 20.4 Å². The molecule has 0 aromatic heterocycles. The molecule has 0 saturated carbocycles. The fourth-order valence-corrected chi connectivity index (χ4v) is 2.77. The number of halogens is 1. The Morgan fingerprint density at radius 2 is 1.86 bits per heavy atom. The minimum absolute atomic E-state index is 0.113. The maximum atomic E-state index is 12.1. The van der Waals surface area contributed by atoms with Crippen LogP contribution in [0.1, 0.15) is 15.9 Å². The summed E-state index contributed by atoms with van der Waals surface area (Å²) >= 11 is 6.12. The molecule has 2 amide bonds. The second-order valence-electron chi connectivity index (χ2n) is 5.58. The molecule has 2 N–H and O–H groups in total. The molecule has 1 aliphatic rings. The zero-order valence-corrected chi connectivity index (χ0v) is 15.8. The van der Waals surface area contributed by atoms with E-state index in [1.807, 2.05) is 0 Å². The summed E-state index contributed by atoms with van der Waals surface area (Å²) in [5.74, 6) is 0.864. The van der Waals surface area contributed by atoms with Crippen LogP contribution in [0.5, 0.6) is 23.0 Å². The lowest BCUT2D eigenvalue weighted by Gasteiger charge is -2.10. The maximum absolute atomic E-state index is 12.1. The smallest absolute Gasteiger partial charge is 0.269 e. The minimum Gasteiger partial charge on any atom is -0.493 e. The highest BCUT2D eigenvalue weighted by atomic mass is 35.5. The number of fused-ring (bicyclic) bond motifs is 1. The fourth-order valence-electron chi connectivity index (χ4n) is 2.48. The molecule has 146 valence electrons. The molecule has 0 saturated heterocycles. The maximum Gasteiger partial charge on any atom is 0.269 e. The molecule has 8 nitrogen and oxygen atoms in total. The average molecular weight is 405 g/mol. The standard InChI is InChI=1S/C19H17ClN2O6/c1-25-16-8-11(7-13(20)18(16)26-2)3-6-17(23)21-22-19(24)12-4-5-14-15(9-12)28-10-27-14/h3-9H,10H2,1-2H3,(H,21,23)(H,22,24)/b6-3+. The first-order chi connectivity index (χ1) is 13.5. The van der Waals surface area contributed by atoms with Gasteiger partial charge in [0, 0.05) is 11.6 Å². The molecule has 0 atom stereocenters. The van der Waals surface area contributed by atoms with Crippen LogP contribution in [-0.4, -0.2) is 32.8 Å². The van der Waals surface area contributed by atoms with Gasteiger partial charge in [-0.05, 0) is 42.0 Å². The van der Waals surface area contributed by atoms with E-state index in [0.717, 1.165) is 0 Å². The molecule has 0 aliphatic carbocycles. The van der Waals surface area contributed by atoms with Crippen LogP contribution < -0.4 is 29.8 Å². The molecule has 0 unspecified atom stereocenters. The van der Waals surface area contributed by atoms with Gasteiger partial charge in [0.1, 0.15) is 0 Å². The van der Waals surface area contributed by atoms with Gasteiger partial charge in [-0.15, -0.1) is 0 Å². The van der Waals surface area contributed by atoms with Crippen molar-refractivity contribution in [1.29, 1.82) is 0 Å². The predicted octanol–water partition coefficient (Wildman–Crippen LogP) is 2.56. The molecule has 0 bridgehead atoms. The molecular weight excluding hydrogens is 388 g/mol. The van der Waals surface area contributed by atoms with Crippen LogP contribution in [0, 0.1) is 0 Å². The van der Waals surface area contributed by atoms with Gasteiger partial charge in [-0.2, -0.15) is 0 Å². The van der Waals surface area contributed by atoms with E-state index < -0.39 is 11.8 Å². The normalized spacial score (nSPS) is 12.0. The van der Waals surface area contributed by atoms with Gasteiger partial charge in [0.15, 0.2) is 23.0 Å². The van der Waals surface area contributed by atoms with E-state index in [1.165, 1.54) is 32.4 Å². The van der Waals surface area contributed by atoms with Crippen molar-refractivity contribution in [2.24, 2.45) is 0 Å². The third-order valence-corrected chi connectivity index (χ3v) is 4.10. The van der Waals surface area contributed by atoms with Crippen LogP contribution >= 0.6 is 11.6 Å². The Bertz CT molecular complexity index is 944. The van der Waals surface area contributed by atoms with E-state index in [2.05, 4.69) is 10.9 Å². The Morgan fingerprint density at radius 1 is 1.07 bits per heavy atom. The topological polar surface area (TPSA) is 95.1 Å². The third kappa shape index (κ3) is 4.29. The number of ether oxygens (including phenoxy) is 4. The molecule has 0 fully saturated rings. The molecular formula is C19H17ClN2O6. The Kier molecular flexibility index (Phi) is 5.90. The van der Waals surface area contributed by atoms with E-state index in [0.29, 0.717) is 39.1 Å². The third-order valence-electron chi connectivity index (χ3n) is 3.82. The van der Waals surface area contributed by atoms with Gasteiger partial charge >= 0.3 is 0 Å². The monoisotopic (exact) mass is 404 g/mol. The van der Waals surface area contributed by atoms with E-state index in [-0.39, 0.29) is 6.79 Å². The molecule has 28 heavy (non-hydrogen) atoms. The summed E-state index contributed by atoms with van der Waals surface area (Å²) in [6.07, 6.45) is 2.77. The van der Waals surface area contributed by atoms with Crippen LogP contribution in [-0.2, 0) is 4.79 Å². The lowest BCUT2D eigenvalue weighted by atomic mass is 10.2. The molecule has 1 aliphatic heterocycles. The Labute approximate surface area is 165 Å². The second kappa shape index (κ2) is 8.53. The van der Waals surface area contributed by atoms with Crippen molar-refractivity contribution in [2.45, 2.75) is 0 Å². The summed E-state index contributed by atoms with van der Waals surface area (Å²) in [6, 6.07) is 8.01. The van der Waals surface area contributed by atoms with E-state index >= 15 is 0 Å². The lowest BCUT2D eigenvalue weighted by Crippen LogP contribution is -2.40. The van der Waals surface area contributed by atoms with Crippen molar-refractivity contribution in [2.75, 3.05) is 21.0 Å². The molecule has 2 aromatic rings. The first kappa shape index (κ1) is 19.4. The van der Waals surface area contributed by atoms with Crippen LogP contribution in [0.25, 0.3) is 6.08 Å². The highest BCUT2D eigenvalue weighted by molar-refractivity contribution is 6.32. The summed E-state index contributed by atoms with van der Waals surface area (Å²) in [5, 5.41) is 0.345. The Hall–Kier alpha value is -3.39. The van der Waals surface area contributed by atoms with Crippen molar-refractivity contribution in [3.63, 3.8) is 0 Å². The first-order valence-corrected chi connectivity index (χ1v) is 8.49. The molecule has 1 heterocycles. The summed E-state index contributed by atoms with van der Waals surface area (Å²) in [6.45, 7) is 0.113. The summed E-state index contributed by atoms with van der Waals surface area (Å²) in [4.78, 5) is 24.1. The molecule has 0 spiro atoms. The quantitative estimate of drug-likeness (QED) is 0.587. The summed E-state index contributed by atoms with van der Waals surface area (Å²) in [5.41, 5.74) is 5.56. The minimum atomic E-state index is -0.528. The number of nitrogens with one attached hydrogen (secondary N) is 2. The van der Waals surface area contributed by atoms with Crippen LogP contribution in [0.15, 0.2) is 36.4 Å². The average Bonchev–Trinajstić information content (AvgIpc) is 3.17. The number of carbonyl (C=O) groups is 2. The van der Waals surface area contributed by atoms with Crippen LogP contribution in [0.4, 0.5) is 0 Å². The number of hydrogen-bond donors (Lipinski definition) is 2. The van der Waals surface area contributed by atoms with Crippen molar-refractivity contribution in [1.82, 2.24) is 10.9 Å². The summed E-state index contributed by atoms with van der Waals surface area (Å²) < 4.78 is 20.8. The highest BCUT2D eigenvalue weighted by Gasteiger charge is 2.16. The first-order valence-electron chi connectivity index (χ1n) is 8.11. The van der Waals surface area contributed by atoms with E-state index in [4.69, 9.17) is 30.5 Å². The van der Waals surface area contributed by atoms with Crippen molar-refractivity contribution in [3.8, 4) is 23.0 Å². The number of rotatable bonds is 5. The molecule has 2 aromatic carbocycles. The van der Waals surface area contributed by atoms with Gasteiger partial charge < -0.3 is 18.9 Å². The SMILES string of the molecule is COc1cc(/C=C/C(=O)NNC(=O)c2ccc3c(c2)OCO3)cc(Cl)c1OC. The van der Waals surface area contributed by atoms with Gasteiger partial charge in [0.25, 0.3) is 11.8 Å². The van der Waals surface area contributed by atoms with Gasteiger partial charge in [-0.25, -0.2) is 0 Å². The number of hydrazine groups is 1. The van der Waals surface area contributed by atoms with Crippen LogP contribution in [0.3, 0.4) is 0 Å². The molecule has 0 radical (unpaired) electrons. The number of benzene rings is 2. The highest BCUT2D eigenvalue weighted by Crippen LogP contribution is 2.36. The molecule has 3 rings (SSSR count). The number of hydrogen-bond acceptors (Lipinski definition) is 6. The number of methoxy groups -OCH3 is 2. The molecule has 9 heteroatoms. The van der Waals surface area contributed by atoms with E-state index in [9.17, 15) is 9.59 Å². The van der Waals surface area contributed by atoms with Crippen LogP contribution in [0.2, 0.25) is 5.02 Å². The Morgan fingerprint density at radius 3 is 2.61 bits per heavy atom. The number of carbonyl (C=O) groups excluding carboxylic acids is 2. The zero-order valence-electron chi connectivity index (χ0n) is 15.1.